The maximum Gasteiger partial charge on any atom is 0.272 e. The molecule has 21 heavy (non-hydrogen) atoms. The fourth-order valence-electron chi connectivity index (χ4n) is 2.10. The normalized spacial score (nSPS) is 12.0. The molecule has 0 aliphatic carbocycles. The molecule has 0 saturated carbocycles. The first-order valence-electron chi connectivity index (χ1n) is 6.68. The molecule has 2 aromatic carbocycles. The largest absolute Gasteiger partial charge is 0.494 e. The summed E-state index contributed by atoms with van der Waals surface area (Å²) in [5.74, 6) is 0.725. The number of hydrogen-bond donors (Lipinski definition) is 1. The number of rotatable bonds is 5. The lowest BCUT2D eigenvalue weighted by Gasteiger charge is -2.13. The molecule has 2 rings (SSSR count). The molecule has 0 unspecified atom stereocenters. The van der Waals surface area contributed by atoms with E-state index in [1.807, 2.05) is 6.92 Å². The van der Waals surface area contributed by atoms with Gasteiger partial charge >= 0.3 is 0 Å². The van der Waals surface area contributed by atoms with Crippen LogP contribution in [-0.2, 0) is 0 Å². The summed E-state index contributed by atoms with van der Waals surface area (Å²) in [6.07, 6.45) is -0.903. The molecular weight excluding hydrogens is 270 g/mol. The molecule has 0 aliphatic heterocycles. The maximum atomic E-state index is 11.0. The van der Waals surface area contributed by atoms with Gasteiger partial charge in [-0.25, -0.2) is 0 Å². The molecule has 0 heterocycles. The quantitative estimate of drug-likeness (QED) is 0.676. The van der Waals surface area contributed by atoms with Gasteiger partial charge < -0.3 is 9.84 Å². The van der Waals surface area contributed by atoms with Gasteiger partial charge in [0.1, 0.15) is 11.9 Å². The van der Waals surface area contributed by atoms with Crippen LogP contribution in [0.2, 0.25) is 0 Å². The maximum absolute atomic E-state index is 11.0. The van der Waals surface area contributed by atoms with E-state index in [2.05, 4.69) is 0 Å². The number of ether oxygens (including phenoxy) is 1. The van der Waals surface area contributed by atoms with Crippen LogP contribution in [0, 0.1) is 17.0 Å². The van der Waals surface area contributed by atoms with E-state index in [1.165, 1.54) is 6.07 Å². The molecule has 0 saturated heterocycles. The Balaban J connectivity index is 2.29. The predicted molar refractivity (Wildman–Crippen MR) is 79.5 cm³/mol. The third kappa shape index (κ3) is 3.38. The number of hydrogen-bond acceptors (Lipinski definition) is 4. The number of aryl methyl sites for hydroxylation is 1. The molecule has 0 aliphatic rings. The van der Waals surface area contributed by atoms with Crippen molar-refractivity contribution in [1.29, 1.82) is 0 Å². The van der Waals surface area contributed by atoms with Crippen LogP contribution in [0.4, 0.5) is 5.69 Å². The molecule has 0 aromatic heterocycles. The van der Waals surface area contributed by atoms with Crippen molar-refractivity contribution in [3.63, 3.8) is 0 Å². The van der Waals surface area contributed by atoms with Crippen LogP contribution in [-0.4, -0.2) is 16.6 Å². The zero-order valence-corrected chi connectivity index (χ0v) is 11.9. The molecule has 1 atom stereocenters. The van der Waals surface area contributed by atoms with Crippen molar-refractivity contribution < 1.29 is 14.8 Å². The van der Waals surface area contributed by atoms with Crippen molar-refractivity contribution >= 4 is 5.69 Å². The molecule has 0 bridgehead atoms. The summed E-state index contributed by atoms with van der Waals surface area (Å²) in [7, 11) is 0. The van der Waals surface area contributed by atoms with Gasteiger partial charge in [-0.05, 0) is 37.1 Å². The van der Waals surface area contributed by atoms with E-state index in [0.717, 1.165) is 5.75 Å². The highest BCUT2D eigenvalue weighted by molar-refractivity contribution is 5.45. The van der Waals surface area contributed by atoms with Gasteiger partial charge in [0.05, 0.1) is 11.5 Å². The second-order valence-corrected chi connectivity index (χ2v) is 4.71. The van der Waals surface area contributed by atoms with E-state index >= 15 is 0 Å². The molecule has 5 nitrogen and oxygen atoms in total. The summed E-state index contributed by atoms with van der Waals surface area (Å²) in [6.45, 7) is 4.14. The van der Waals surface area contributed by atoms with Crippen molar-refractivity contribution in [1.82, 2.24) is 0 Å². The van der Waals surface area contributed by atoms with E-state index in [4.69, 9.17) is 4.74 Å². The fourth-order valence-corrected chi connectivity index (χ4v) is 2.10. The SMILES string of the molecule is CCOc1ccc([C@@H](O)c2ccc(C)c([N+](=O)[O-])c2)cc1. The molecular formula is C16H17NO4. The zero-order chi connectivity index (χ0) is 15.4. The average Bonchev–Trinajstić information content (AvgIpc) is 2.48. The van der Waals surface area contributed by atoms with Crippen molar-refractivity contribution in [2.75, 3.05) is 6.61 Å². The summed E-state index contributed by atoms with van der Waals surface area (Å²) < 4.78 is 5.34. The second-order valence-electron chi connectivity index (χ2n) is 4.71. The predicted octanol–water partition coefficient (Wildman–Crippen LogP) is 3.38. The molecule has 5 heteroatoms. The first-order chi connectivity index (χ1) is 10.0. The number of nitro benzene ring substituents is 1. The average molecular weight is 287 g/mol. The fraction of sp³-hybridized carbons (Fsp3) is 0.250. The summed E-state index contributed by atoms with van der Waals surface area (Å²) in [6, 6.07) is 11.8. The van der Waals surface area contributed by atoms with E-state index in [0.29, 0.717) is 23.3 Å². The van der Waals surface area contributed by atoms with Gasteiger partial charge in [-0.3, -0.25) is 10.1 Å². The number of aliphatic hydroxyl groups excluding tert-OH is 1. The molecule has 0 fully saturated rings. The van der Waals surface area contributed by atoms with Gasteiger partial charge in [0.15, 0.2) is 0 Å². The topological polar surface area (TPSA) is 72.6 Å². The van der Waals surface area contributed by atoms with Crippen LogP contribution < -0.4 is 4.74 Å². The van der Waals surface area contributed by atoms with Gasteiger partial charge in [0.2, 0.25) is 0 Å². The van der Waals surface area contributed by atoms with Crippen LogP contribution in [0.15, 0.2) is 42.5 Å². The third-order valence-electron chi connectivity index (χ3n) is 3.25. The van der Waals surface area contributed by atoms with Crippen LogP contribution in [0.3, 0.4) is 0 Å². The van der Waals surface area contributed by atoms with Crippen LogP contribution in [0.1, 0.15) is 29.7 Å². The minimum Gasteiger partial charge on any atom is -0.494 e. The summed E-state index contributed by atoms with van der Waals surface area (Å²) >= 11 is 0. The molecule has 1 N–H and O–H groups in total. The highest BCUT2D eigenvalue weighted by Crippen LogP contribution is 2.28. The summed E-state index contributed by atoms with van der Waals surface area (Å²) in [5.41, 5.74) is 1.74. The van der Waals surface area contributed by atoms with Crippen LogP contribution in [0.5, 0.6) is 5.75 Å². The molecule has 0 amide bonds. The monoisotopic (exact) mass is 287 g/mol. The Hall–Kier alpha value is -2.40. The molecule has 0 spiro atoms. The van der Waals surface area contributed by atoms with Crippen molar-refractivity contribution in [2.24, 2.45) is 0 Å². The molecule has 110 valence electrons. The van der Waals surface area contributed by atoms with Gasteiger partial charge in [0, 0.05) is 11.6 Å². The van der Waals surface area contributed by atoms with E-state index in [1.54, 1.807) is 43.3 Å². The molecule has 2 aromatic rings. The Bertz CT molecular complexity index is 637. The van der Waals surface area contributed by atoms with E-state index < -0.39 is 11.0 Å². The smallest absolute Gasteiger partial charge is 0.272 e. The standard InChI is InChI=1S/C16H17NO4/c1-3-21-14-8-6-12(7-9-14)16(18)13-5-4-11(2)15(10-13)17(19)20/h4-10,16,18H,3H2,1-2H3/t16-/m1/s1. The zero-order valence-electron chi connectivity index (χ0n) is 11.9. The Morgan fingerprint density at radius 1 is 1.19 bits per heavy atom. The Kier molecular flexibility index (Phi) is 4.55. The minimum atomic E-state index is -0.903. The number of aliphatic hydroxyl groups is 1. The Labute approximate surface area is 123 Å². The second kappa shape index (κ2) is 6.37. The van der Waals surface area contributed by atoms with Gasteiger partial charge in [-0.2, -0.15) is 0 Å². The highest BCUT2D eigenvalue weighted by Gasteiger charge is 2.16. The highest BCUT2D eigenvalue weighted by atomic mass is 16.6. The lowest BCUT2D eigenvalue weighted by atomic mass is 9.99. The first-order valence-corrected chi connectivity index (χ1v) is 6.68. The van der Waals surface area contributed by atoms with E-state index in [-0.39, 0.29) is 5.69 Å². The van der Waals surface area contributed by atoms with Gasteiger partial charge in [0.25, 0.3) is 5.69 Å². The number of nitrogens with zero attached hydrogens (tertiary/aromatic N) is 1. The van der Waals surface area contributed by atoms with Crippen molar-refractivity contribution in [2.45, 2.75) is 20.0 Å². The minimum absolute atomic E-state index is 0.0116. The van der Waals surface area contributed by atoms with Crippen LogP contribution >= 0.6 is 0 Å². The summed E-state index contributed by atoms with van der Waals surface area (Å²) in [4.78, 5) is 10.5. The van der Waals surface area contributed by atoms with E-state index in [9.17, 15) is 15.2 Å². The lowest BCUT2D eigenvalue weighted by Crippen LogP contribution is -2.02. The Morgan fingerprint density at radius 3 is 2.38 bits per heavy atom. The number of benzene rings is 2. The van der Waals surface area contributed by atoms with Crippen molar-refractivity contribution in [3.05, 3.63) is 69.3 Å². The van der Waals surface area contributed by atoms with Crippen molar-refractivity contribution in [3.8, 4) is 5.75 Å². The molecule has 0 radical (unpaired) electrons. The first kappa shape index (κ1) is 15.0. The Morgan fingerprint density at radius 2 is 1.81 bits per heavy atom. The van der Waals surface area contributed by atoms with Gasteiger partial charge in [-0.1, -0.05) is 24.3 Å². The lowest BCUT2D eigenvalue weighted by molar-refractivity contribution is -0.385. The third-order valence-corrected chi connectivity index (χ3v) is 3.25. The number of nitro groups is 1. The summed E-state index contributed by atoms with van der Waals surface area (Å²) in [5, 5.41) is 21.3. The van der Waals surface area contributed by atoms with Crippen LogP contribution in [0.25, 0.3) is 0 Å². The van der Waals surface area contributed by atoms with Gasteiger partial charge in [-0.15, -0.1) is 0 Å².